The Hall–Kier alpha value is -2.56. The highest BCUT2D eigenvalue weighted by atomic mass is 16.5. The molecule has 0 aliphatic carbocycles. The number of rotatable bonds is 3. The summed E-state index contributed by atoms with van der Waals surface area (Å²) >= 11 is 0. The van der Waals surface area contributed by atoms with Crippen LogP contribution in [0, 0.1) is 6.92 Å². The fourth-order valence-electron chi connectivity index (χ4n) is 2.87. The van der Waals surface area contributed by atoms with Crippen LogP contribution < -0.4 is 9.64 Å². The van der Waals surface area contributed by atoms with E-state index in [0.717, 1.165) is 35.8 Å². The maximum absolute atomic E-state index is 12.6. The Balaban J connectivity index is 1.65. The lowest BCUT2D eigenvalue weighted by molar-refractivity contribution is 0.0746. The summed E-state index contributed by atoms with van der Waals surface area (Å²) in [5, 5.41) is 0. The number of hydrogen-bond acceptors (Lipinski definition) is 4. The quantitative estimate of drug-likeness (QED) is 0.873. The number of amides is 1. The summed E-state index contributed by atoms with van der Waals surface area (Å²) in [5.74, 6) is 1.86. The highest BCUT2D eigenvalue weighted by Crippen LogP contribution is 2.20. The van der Waals surface area contributed by atoms with Gasteiger partial charge in [-0.25, -0.2) is 4.98 Å². The van der Waals surface area contributed by atoms with Crippen LogP contribution in [0.5, 0.6) is 5.75 Å². The lowest BCUT2D eigenvalue weighted by Gasteiger charge is -2.35. The fourth-order valence-corrected chi connectivity index (χ4v) is 2.87. The molecule has 1 aliphatic rings. The normalized spacial score (nSPS) is 14.7. The Bertz CT molecular complexity index is 680. The molecule has 0 bridgehead atoms. The lowest BCUT2D eigenvalue weighted by Crippen LogP contribution is -2.49. The molecule has 5 nitrogen and oxygen atoms in total. The molecule has 5 heteroatoms. The van der Waals surface area contributed by atoms with Crippen molar-refractivity contribution in [1.82, 2.24) is 9.88 Å². The Morgan fingerprint density at radius 2 is 1.91 bits per heavy atom. The number of anilines is 1. The van der Waals surface area contributed by atoms with Crippen molar-refractivity contribution in [1.29, 1.82) is 0 Å². The number of carbonyl (C=O) groups is 1. The number of benzene rings is 1. The van der Waals surface area contributed by atoms with Crippen LogP contribution in [-0.4, -0.2) is 49.1 Å². The first-order chi connectivity index (χ1) is 11.2. The van der Waals surface area contributed by atoms with Crippen LogP contribution in [0.2, 0.25) is 0 Å². The van der Waals surface area contributed by atoms with E-state index in [1.807, 2.05) is 48.2 Å². The summed E-state index contributed by atoms with van der Waals surface area (Å²) < 4.78 is 5.25. The van der Waals surface area contributed by atoms with Crippen LogP contribution in [0.3, 0.4) is 0 Å². The predicted molar refractivity (Wildman–Crippen MR) is 90.1 cm³/mol. The summed E-state index contributed by atoms with van der Waals surface area (Å²) in [6.45, 7) is 4.98. The molecule has 1 aromatic carbocycles. The van der Waals surface area contributed by atoms with E-state index in [9.17, 15) is 4.79 Å². The van der Waals surface area contributed by atoms with Gasteiger partial charge < -0.3 is 14.5 Å². The van der Waals surface area contributed by atoms with E-state index in [-0.39, 0.29) is 5.91 Å². The summed E-state index contributed by atoms with van der Waals surface area (Å²) in [7, 11) is 1.64. The van der Waals surface area contributed by atoms with Crippen molar-refractivity contribution in [3.05, 3.63) is 53.7 Å². The van der Waals surface area contributed by atoms with E-state index < -0.39 is 0 Å². The van der Waals surface area contributed by atoms with Gasteiger partial charge in [0.1, 0.15) is 11.6 Å². The van der Waals surface area contributed by atoms with Gasteiger partial charge in [0.25, 0.3) is 5.91 Å². The predicted octanol–water partition coefficient (Wildman–Crippen LogP) is 2.36. The molecular weight excluding hydrogens is 290 g/mol. The van der Waals surface area contributed by atoms with Crippen molar-refractivity contribution >= 4 is 11.7 Å². The Morgan fingerprint density at radius 3 is 2.52 bits per heavy atom. The molecule has 1 aromatic heterocycles. The summed E-state index contributed by atoms with van der Waals surface area (Å²) in [4.78, 5) is 21.1. The van der Waals surface area contributed by atoms with Gasteiger partial charge in [-0.2, -0.15) is 0 Å². The third-order valence-electron chi connectivity index (χ3n) is 4.18. The van der Waals surface area contributed by atoms with Gasteiger partial charge in [0.05, 0.1) is 7.11 Å². The molecule has 23 heavy (non-hydrogen) atoms. The molecule has 120 valence electrons. The molecule has 2 aromatic rings. The van der Waals surface area contributed by atoms with Gasteiger partial charge in [0, 0.05) is 37.9 Å². The molecule has 1 fully saturated rings. The molecule has 0 saturated carbocycles. The van der Waals surface area contributed by atoms with Crippen LogP contribution in [0.15, 0.2) is 42.6 Å². The van der Waals surface area contributed by atoms with Gasteiger partial charge in [-0.05, 0) is 42.8 Å². The zero-order chi connectivity index (χ0) is 16.2. The fraction of sp³-hybridized carbons (Fsp3) is 0.333. The second-order valence-electron chi connectivity index (χ2n) is 5.65. The van der Waals surface area contributed by atoms with Gasteiger partial charge in [0.2, 0.25) is 0 Å². The first kappa shape index (κ1) is 15.3. The standard InChI is InChI=1S/C18H21N3O2/c1-14-13-15(6-7-16(14)23-2)18(22)21-11-9-20(10-12-21)17-5-3-4-8-19-17/h3-8,13H,9-12H2,1-2H3. The first-order valence-electron chi connectivity index (χ1n) is 7.79. The highest BCUT2D eigenvalue weighted by molar-refractivity contribution is 5.94. The average molecular weight is 311 g/mol. The van der Waals surface area contributed by atoms with Crippen molar-refractivity contribution in [2.24, 2.45) is 0 Å². The second kappa shape index (κ2) is 6.69. The van der Waals surface area contributed by atoms with Crippen LogP contribution >= 0.6 is 0 Å². The van der Waals surface area contributed by atoms with Crippen LogP contribution in [0.25, 0.3) is 0 Å². The molecule has 0 radical (unpaired) electrons. The average Bonchev–Trinajstić information content (AvgIpc) is 2.62. The summed E-state index contributed by atoms with van der Waals surface area (Å²) in [6.07, 6.45) is 1.80. The van der Waals surface area contributed by atoms with Gasteiger partial charge in [-0.15, -0.1) is 0 Å². The van der Waals surface area contributed by atoms with Crippen LogP contribution in [0.4, 0.5) is 5.82 Å². The Morgan fingerprint density at radius 1 is 1.13 bits per heavy atom. The van der Waals surface area contributed by atoms with Crippen molar-refractivity contribution < 1.29 is 9.53 Å². The Kier molecular flexibility index (Phi) is 4.46. The van der Waals surface area contributed by atoms with Crippen LogP contribution in [-0.2, 0) is 0 Å². The molecule has 1 saturated heterocycles. The molecule has 0 unspecified atom stereocenters. The molecule has 0 atom stereocenters. The SMILES string of the molecule is COc1ccc(C(=O)N2CCN(c3ccccn3)CC2)cc1C. The lowest BCUT2D eigenvalue weighted by atomic mass is 10.1. The van der Waals surface area contributed by atoms with Crippen molar-refractivity contribution in [3.63, 3.8) is 0 Å². The maximum Gasteiger partial charge on any atom is 0.253 e. The molecule has 1 aliphatic heterocycles. The highest BCUT2D eigenvalue weighted by Gasteiger charge is 2.23. The van der Waals surface area contributed by atoms with Crippen molar-refractivity contribution in [2.75, 3.05) is 38.2 Å². The molecule has 0 N–H and O–H groups in total. The van der Waals surface area contributed by atoms with Gasteiger partial charge in [0.15, 0.2) is 0 Å². The van der Waals surface area contributed by atoms with Gasteiger partial charge in [-0.1, -0.05) is 6.07 Å². The van der Waals surface area contributed by atoms with Crippen molar-refractivity contribution in [3.8, 4) is 5.75 Å². The van der Waals surface area contributed by atoms with E-state index in [2.05, 4.69) is 9.88 Å². The van der Waals surface area contributed by atoms with Gasteiger partial charge >= 0.3 is 0 Å². The number of pyridine rings is 1. The van der Waals surface area contributed by atoms with E-state index in [4.69, 9.17) is 4.74 Å². The smallest absolute Gasteiger partial charge is 0.253 e. The minimum atomic E-state index is 0.0800. The Labute approximate surface area is 136 Å². The second-order valence-corrected chi connectivity index (χ2v) is 5.65. The largest absolute Gasteiger partial charge is 0.496 e. The van der Waals surface area contributed by atoms with Gasteiger partial charge in [-0.3, -0.25) is 4.79 Å². The third kappa shape index (κ3) is 3.28. The minimum Gasteiger partial charge on any atom is -0.496 e. The molecule has 0 spiro atoms. The summed E-state index contributed by atoms with van der Waals surface area (Å²) in [6, 6.07) is 11.5. The van der Waals surface area contributed by atoms with E-state index >= 15 is 0 Å². The number of hydrogen-bond donors (Lipinski definition) is 0. The van der Waals surface area contributed by atoms with Crippen LogP contribution in [0.1, 0.15) is 15.9 Å². The third-order valence-corrected chi connectivity index (χ3v) is 4.18. The number of piperazine rings is 1. The summed E-state index contributed by atoms with van der Waals surface area (Å²) in [5.41, 5.74) is 1.69. The number of ether oxygens (including phenoxy) is 1. The number of nitrogens with zero attached hydrogens (tertiary/aromatic N) is 3. The molecule has 3 rings (SSSR count). The minimum absolute atomic E-state index is 0.0800. The number of methoxy groups -OCH3 is 1. The zero-order valence-electron chi connectivity index (χ0n) is 13.5. The first-order valence-corrected chi connectivity index (χ1v) is 7.79. The maximum atomic E-state index is 12.6. The number of carbonyl (C=O) groups excluding carboxylic acids is 1. The number of aryl methyl sites for hydroxylation is 1. The number of aromatic nitrogens is 1. The monoisotopic (exact) mass is 311 g/mol. The molecule has 1 amide bonds. The van der Waals surface area contributed by atoms with Crippen molar-refractivity contribution in [2.45, 2.75) is 6.92 Å². The topological polar surface area (TPSA) is 45.7 Å². The van der Waals surface area contributed by atoms with E-state index in [0.29, 0.717) is 13.1 Å². The van der Waals surface area contributed by atoms with E-state index in [1.54, 1.807) is 13.3 Å². The zero-order valence-corrected chi connectivity index (χ0v) is 13.5. The van der Waals surface area contributed by atoms with E-state index in [1.165, 1.54) is 0 Å². The molecule has 2 heterocycles. The molecular formula is C18H21N3O2.